The smallest absolute Gasteiger partial charge is 0.225 e. The minimum atomic E-state index is -0.00793. The Morgan fingerprint density at radius 3 is 3.12 bits per heavy atom. The van der Waals surface area contributed by atoms with Gasteiger partial charge in [-0.3, -0.25) is 4.79 Å². The molecule has 3 aliphatic rings. The number of nitrogens with zero attached hydrogens (tertiary/aromatic N) is 1. The minimum absolute atomic E-state index is 0.00793. The van der Waals surface area contributed by atoms with Crippen LogP contribution in [0.5, 0.6) is 17.2 Å². The Morgan fingerprint density at radius 2 is 2.25 bits per heavy atom. The molecule has 1 fully saturated rings. The number of nitrogens with two attached hydrogens (primary N) is 1. The number of benzene rings is 1. The van der Waals surface area contributed by atoms with E-state index in [-0.39, 0.29) is 24.0 Å². The molecule has 24 heavy (non-hydrogen) atoms. The largest absolute Gasteiger partial charge is 0.487 e. The van der Waals surface area contributed by atoms with E-state index in [1.54, 1.807) is 6.20 Å². The van der Waals surface area contributed by atoms with E-state index in [4.69, 9.17) is 15.2 Å². The third-order valence-corrected chi connectivity index (χ3v) is 5.00. The van der Waals surface area contributed by atoms with Crippen LogP contribution in [0, 0.1) is 6.92 Å². The van der Waals surface area contributed by atoms with Crippen LogP contribution in [-0.4, -0.2) is 23.0 Å². The van der Waals surface area contributed by atoms with Crippen molar-refractivity contribution in [1.29, 1.82) is 0 Å². The van der Waals surface area contributed by atoms with Gasteiger partial charge < -0.3 is 20.5 Å². The summed E-state index contributed by atoms with van der Waals surface area (Å²) in [4.78, 5) is 15.7. The molecule has 3 unspecified atom stereocenters. The topological polar surface area (TPSA) is 86.5 Å². The first-order valence-electron chi connectivity index (χ1n) is 8.14. The summed E-state index contributed by atoms with van der Waals surface area (Å²) in [6.45, 7) is 2.02. The number of amides is 1. The lowest BCUT2D eigenvalue weighted by Gasteiger charge is -2.19. The third-order valence-electron chi connectivity index (χ3n) is 5.00. The van der Waals surface area contributed by atoms with E-state index in [2.05, 4.69) is 10.3 Å². The van der Waals surface area contributed by atoms with Crippen LogP contribution in [-0.2, 0) is 11.2 Å². The average molecular weight is 323 g/mol. The van der Waals surface area contributed by atoms with Gasteiger partial charge in [-0.1, -0.05) is 0 Å². The summed E-state index contributed by atoms with van der Waals surface area (Å²) in [7, 11) is 0. The lowest BCUT2D eigenvalue weighted by Crippen LogP contribution is -2.20. The SMILES string of the molecule is Cc1cc(Oc2ccnc3c2CCC(=O)N3)cc2c1OC1C(N)C21. The zero-order chi connectivity index (χ0) is 16.4. The van der Waals surface area contributed by atoms with Crippen LogP contribution < -0.4 is 20.5 Å². The maximum atomic E-state index is 11.5. The number of nitrogens with one attached hydrogen (secondary N) is 1. The molecule has 5 rings (SSSR count). The minimum Gasteiger partial charge on any atom is -0.487 e. The maximum absolute atomic E-state index is 11.5. The van der Waals surface area contributed by atoms with Crippen molar-refractivity contribution in [3.8, 4) is 17.2 Å². The molecular formula is C18H17N3O3. The highest BCUT2D eigenvalue weighted by Crippen LogP contribution is 2.54. The molecule has 0 bridgehead atoms. The van der Waals surface area contributed by atoms with Crippen molar-refractivity contribution < 1.29 is 14.3 Å². The summed E-state index contributed by atoms with van der Waals surface area (Å²) in [5.74, 6) is 3.31. The van der Waals surface area contributed by atoms with E-state index in [1.807, 2.05) is 25.1 Å². The Balaban J connectivity index is 1.50. The van der Waals surface area contributed by atoms with Crippen LogP contribution >= 0.6 is 0 Å². The molecule has 122 valence electrons. The van der Waals surface area contributed by atoms with Gasteiger partial charge in [0.05, 0.1) is 6.04 Å². The van der Waals surface area contributed by atoms with Crippen LogP contribution in [0.3, 0.4) is 0 Å². The summed E-state index contributed by atoms with van der Waals surface area (Å²) >= 11 is 0. The van der Waals surface area contributed by atoms with E-state index >= 15 is 0 Å². The predicted molar refractivity (Wildman–Crippen MR) is 87.6 cm³/mol. The number of aryl methyl sites for hydroxylation is 1. The van der Waals surface area contributed by atoms with Crippen LogP contribution in [0.2, 0.25) is 0 Å². The second kappa shape index (κ2) is 4.70. The molecule has 0 spiro atoms. The van der Waals surface area contributed by atoms with Gasteiger partial charge in [0, 0.05) is 29.7 Å². The van der Waals surface area contributed by atoms with E-state index in [1.165, 1.54) is 0 Å². The second-order valence-corrected chi connectivity index (χ2v) is 6.63. The fourth-order valence-corrected chi connectivity index (χ4v) is 3.69. The molecule has 1 aromatic carbocycles. The van der Waals surface area contributed by atoms with Crippen molar-refractivity contribution in [2.45, 2.75) is 37.8 Å². The number of fused-ring (bicyclic) bond motifs is 4. The summed E-state index contributed by atoms with van der Waals surface area (Å²) in [6.07, 6.45) is 2.85. The molecule has 0 saturated heterocycles. The molecule has 6 heteroatoms. The first-order valence-corrected chi connectivity index (χ1v) is 8.14. The molecule has 2 aliphatic heterocycles. The van der Waals surface area contributed by atoms with Gasteiger partial charge in [-0.2, -0.15) is 0 Å². The standard InChI is InChI=1S/C18H17N3O3/c1-8-6-9(7-11-14-15(19)17(14)24-16(8)11)23-12-4-5-20-18-10(12)2-3-13(22)21-18/h4-7,14-15,17H,2-3,19H2,1H3,(H,20,21,22). The van der Waals surface area contributed by atoms with Crippen molar-refractivity contribution in [3.63, 3.8) is 0 Å². The number of anilines is 1. The van der Waals surface area contributed by atoms with E-state index < -0.39 is 0 Å². The van der Waals surface area contributed by atoms with E-state index in [0.29, 0.717) is 18.7 Å². The van der Waals surface area contributed by atoms with Gasteiger partial charge in [-0.15, -0.1) is 0 Å². The van der Waals surface area contributed by atoms with Crippen molar-refractivity contribution in [2.75, 3.05) is 5.32 Å². The summed E-state index contributed by atoms with van der Waals surface area (Å²) in [6, 6.07) is 5.93. The van der Waals surface area contributed by atoms with Crippen molar-refractivity contribution in [2.24, 2.45) is 5.73 Å². The van der Waals surface area contributed by atoms with E-state index in [0.717, 1.165) is 33.9 Å². The first-order chi connectivity index (χ1) is 11.6. The average Bonchev–Trinajstić information content (AvgIpc) is 3.01. The van der Waals surface area contributed by atoms with Gasteiger partial charge in [0.15, 0.2) is 0 Å². The monoisotopic (exact) mass is 323 g/mol. The van der Waals surface area contributed by atoms with Crippen molar-refractivity contribution >= 4 is 11.7 Å². The van der Waals surface area contributed by atoms with Gasteiger partial charge in [0.25, 0.3) is 0 Å². The quantitative estimate of drug-likeness (QED) is 0.885. The summed E-state index contributed by atoms with van der Waals surface area (Å²) in [5.41, 5.74) is 9.16. The van der Waals surface area contributed by atoms with Crippen molar-refractivity contribution in [1.82, 2.24) is 4.98 Å². The molecule has 6 nitrogen and oxygen atoms in total. The molecule has 1 aliphatic carbocycles. The van der Waals surface area contributed by atoms with Gasteiger partial charge in [0.1, 0.15) is 29.2 Å². The fourth-order valence-electron chi connectivity index (χ4n) is 3.69. The van der Waals surface area contributed by atoms with Crippen LogP contribution in [0.4, 0.5) is 5.82 Å². The molecule has 1 saturated carbocycles. The predicted octanol–water partition coefficient (Wildman–Crippen LogP) is 2.25. The fraction of sp³-hybridized carbons (Fsp3) is 0.333. The number of pyridine rings is 1. The summed E-state index contributed by atoms with van der Waals surface area (Å²) < 4.78 is 12.0. The number of carbonyl (C=O) groups is 1. The second-order valence-electron chi connectivity index (χ2n) is 6.63. The number of aromatic nitrogens is 1. The van der Waals surface area contributed by atoms with E-state index in [9.17, 15) is 4.79 Å². The number of hydrogen-bond acceptors (Lipinski definition) is 5. The van der Waals surface area contributed by atoms with Gasteiger partial charge >= 0.3 is 0 Å². The maximum Gasteiger partial charge on any atom is 0.225 e. The van der Waals surface area contributed by atoms with Crippen LogP contribution in [0.15, 0.2) is 24.4 Å². The molecular weight excluding hydrogens is 306 g/mol. The zero-order valence-corrected chi connectivity index (χ0v) is 13.2. The number of rotatable bonds is 2. The Morgan fingerprint density at radius 1 is 1.38 bits per heavy atom. The Labute approximate surface area is 139 Å². The highest BCUT2D eigenvalue weighted by molar-refractivity contribution is 5.93. The van der Waals surface area contributed by atoms with Gasteiger partial charge in [-0.25, -0.2) is 4.98 Å². The molecule has 1 amide bonds. The number of carbonyl (C=O) groups excluding carboxylic acids is 1. The van der Waals surface area contributed by atoms with Crippen LogP contribution in [0.25, 0.3) is 0 Å². The number of ether oxygens (including phenoxy) is 2. The molecule has 0 radical (unpaired) electrons. The number of hydrogen-bond donors (Lipinski definition) is 2. The molecule has 3 heterocycles. The highest BCUT2D eigenvalue weighted by atomic mass is 16.5. The Hall–Kier alpha value is -2.60. The Bertz CT molecular complexity index is 880. The molecule has 3 N–H and O–H groups in total. The molecule has 2 aromatic rings. The van der Waals surface area contributed by atoms with Gasteiger partial charge in [-0.05, 0) is 37.1 Å². The summed E-state index contributed by atoms with van der Waals surface area (Å²) in [5, 5.41) is 2.79. The highest BCUT2D eigenvalue weighted by Gasteiger charge is 2.57. The van der Waals surface area contributed by atoms with Crippen molar-refractivity contribution in [3.05, 3.63) is 41.1 Å². The molecule has 3 atom stereocenters. The molecule has 1 aromatic heterocycles. The van der Waals surface area contributed by atoms with Gasteiger partial charge in [0.2, 0.25) is 5.91 Å². The lowest BCUT2D eigenvalue weighted by molar-refractivity contribution is -0.116. The lowest BCUT2D eigenvalue weighted by atomic mass is 10.0. The van der Waals surface area contributed by atoms with Crippen LogP contribution in [0.1, 0.15) is 29.0 Å². The zero-order valence-electron chi connectivity index (χ0n) is 13.2. The normalized spacial score (nSPS) is 25.9. The third kappa shape index (κ3) is 1.93. The first kappa shape index (κ1) is 13.8. The Kier molecular flexibility index (Phi) is 2.71.